The summed E-state index contributed by atoms with van der Waals surface area (Å²) in [6, 6.07) is 0.0543. The van der Waals surface area contributed by atoms with Crippen LogP contribution in [0.25, 0.3) is 0 Å². The molecule has 0 bridgehead atoms. The van der Waals surface area contributed by atoms with Gasteiger partial charge < -0.3 is 10.0 Å². The molecule has 0 amide bonds. The SMILES string of the molecule is CC1C(C(=O)O)CCN1c1nccs1. The minimum atomic E-state index is -0.698. The van der Waals surface area contributed by atoms with Gasteiger partial charge in [0.25, 0.3) is 0 Å². The molecular formula is C9H12N2O2S. The number of hydrogen-bond acceptors (Lipinski definition) is 4. The summed E-state index contributed by atoms with van der Waals surface area (Å²) in [5, 5.41) is 11.8. The number of aliphatic carboxylic acids is 1. The number of thiazole rings is 1. The summed E-state index contributed by atoms with van der Waals surface area (Å²) in [5.74, 6) is -0.949. The number of nitrogens with zero attached hydrogens (tertiary/aromatic N) is 2. The van der Waals surface area contributed by atoms with Crippen molar-refractivity contribution in [3.05, 3.63) is 11.6 Å². The summed E-state index contributed by atoms with van der Waals surface area (Å²) in [7, 11) is 0. The molecule has 5 heteroatoms. The van der Waals surface area contributed by atoms with Gasteiger partial charge >= 0.3 is 5.97 Å². The van der Waals surface area contributed by atoms with E-state index in [-0.39, 0.29) is 12.0 Å². The first kappa shape index (κ1) is 9.45. The van der Waals surface area contributed by atoms with Crippen molar-refractivity contribution >= 4 is 22.4 Å². The standard InChI is InChI=1S/C9H12N2O2S/c1-6-7(8(12)13)2-4-11(6)9-10-3-5-14-9/h3,5-7H,2,4H2,1H3,(H,12,13). The van der Waals surface area contributed by atoms with Crippen LogP contribution in [0.2, 0.25) is 0 Å². The first-order valence-corrected chi connectivity index (χ1v) is 5.47. The number of carboxylic acids is 1. The number of carbonyl (C=O) groups is 1. The molecule has 2 rings (SSSR count). The van der Waals surface area contributed by atoms with Gasteiger partial charge in [-0.2, -0.15) is 0 Å². The fourth-order valence-corrected chi connectivity index (χ4v) is 2.66. The van der Waals surface area contributed by atoms with E-state index in [0.717, 1.165) is 18.1 Å². The molecule has 76 valence electrons. The maximum absolute atomic E-state index is 10.9. The molecule has 2 unspecified atom stereocenters. The summed E-state index contributed by atoms with van der Waals surface area (Å²) in [6.45, 7) is 2.75. The van der Waals surface area contributed by atoms with Crippen LogP contribution in [0.3, 0.4) is 0 Å². The lowest BCUT2D eigenvalue weighted by Crippen LogP contribution is -2.32. The Morgan fingerprint density at radius 3 is 3.07 bits per heavy atom. The minimum absolute atomic E-state index is 0.0543. The molecule has 0 spiro atoms. The van der Waals surface area contributed by atoms with Crippen LogP contribution in [0.15, 0.2) is 11.6 Å². The molecular weight excluding hydrogens is 200 g/mol. The van der Waals surface area contributed by atoms with Gasteiger partial charge in [0.05, 0.1) is 5.92 Å². The second-order valence-electron chi connectivity index (χ2n) is 3.48. The lowest BCUT2D eigenvalue weighted by atomic mass is 10.0. The zero-order valence-electron chi connectivity index (χ0n) is 7.88. The number of anilines is 1. The van der Waals surface area contributed by atoms with Gasteiger partial charge in [-0.1, -0.05) is 0 Å². The molecule has 1 aromatic heterocycles. The van der Waals surface area contributed by atoms with E-state index in [4.69, 9.17) is 5.11 Å². The van der Waals surface area contributed by atoms with E-state index >= 15 is 0 Å². The first-order chi connectivity index (χ1) is 6.70. The second-order valence-corrected chi connectivity index (χ2v) is 4.36. The van der Waals surface area contributed by atoms with Crippen molar-refractivity contribution < 1.29 is 9.90 Å². The van der Waals surface area contributed by atoms with Gasteiger partial charge in [-0.25, -0.2) is 4.98 Å². The fourth-order valence-electron chi connectivity index (χ4n) is 1.90. The molecule has 0 radical (unpaired) electrons. The van der Waals surface area contributed by atoms with E-state index in [9.17, 15) is 4.79 Å². The molecule has 0 saturated carbocycles. The van der Waals surface area contributed by atoms with E-state index in [1.807, 2.05) is 12.3 Å². The molecule has 1 aliphatic rings. The highest BCUT2D eigenvalue weighted by atomic mass is 32.1. The monoisotopic (exact) mass is 212 g/mol. The third kappa shape index (κ3) is 1.48. The van der Waals surface area contributed by atoms with Crippen LogP contribution >= 0.6 is 11.3 Å². The van der Waals surface area contributed by atoms with Crippen LogP contribution < -0.4 is 4.90 Å². The summed E-state index contributed by atoms with van der Waals surface area (Å²) in [4.78, 5) is 17.2. The van der Waals surface area contributed by atoms with E-state index in [1.165, 1.54) is 0 Å². The highest BCUT2D eigenvalue weighted by Crippen LogP contribution is 2.30. The van der Waals surface area contributed by atoms with E-state index in [2.05, 4.69) is 9.88 Å². The fraction of sp³-hybridized carbons (Fsp3) is 0.556. The molecule has 1 fully saturated rings. The third-order valence-corrected chi connectivity index (χ3v) is 3.55. The molecule has 2 heterocycles. The molecule has 4 nitrogen and oxygen atoms in total. The summed E-state index contributed by atoms with van der Waals surface area (Å²) in [6.07, 6.45) is 2.47. The Morgan fingerprint density at radius 2 is 2.57 bits per heavy atom. The quantitative estimate of drug-likeness (QED) is 0.806. The van der Waals surface area contributed by atoms with Crippen molar-refractivity contribution in [2.45, 2.75) is 19.4 Å². The summed E-state index contributed by atoms with van der Waals surface area (Å²) >= 11 is 1.56. The second kappa shape index (κ2) is 3.57. The molecule has 2 atom stereocenters. The highest BCUT2D eigenvalue weighted by Gasteiger charge is 2.36. The Morgan fingerprint density at radius 1 is 1.79 bits per heavy atom. The van der Waals surface area contributed by atoms with E-state index in [0.29, 0.717) is 0 Å². The van der Waals surface area contributed by atoms with E-state index in [1.54, 1.807) is 17.5 Å². The van der Waals surface area contributed by atoms with Crippen LogP contribution in [0, 0.1) is 5.92 Å². The smallest absolute Gasteiger partial charge is 0.308 e. The van der Waals surface area contributed by atoms with Crippen LogP contribution in [0.5, 0.6) is 0 Å². The van der Waals surface area contributed by atoms with Gasteiger partial charge in [-0.15, -0.1) is 11.3 Å². The first-order valence-electron chi connectivity index (χ1n) is 4.59. The van der Waals surface area contributed by atoms with Crippen molar-refractivity contribution in [1.82, 2.24) is 4.98 Å². The van der Waals surface area contributed by atoms with Crippen LogP contribution in [-0.4, -0.2) is 28.6 Å². The summed E-state index contributed by atoms with van der Waals surface area (Å²) < 4.78 is 0. The highest BCUT2D eigenvalue weighted by molar-refractivity contribution is 7.13. The predicted molar refractivity (Wildman–Crippen MR) is 54.7 cm³/mol. The van der Waals surface area contributed by atoms with Crippen molar-refractivity contribution in [3.63, 3.8) is 0 Å². The topological polar surface area (TPSA) is 53.4 Å². The maximum Gasteiger partial charge on any atom is 0.308 e. The van der Waals surface area contributed by atoms with Gasteiger partial charge in [0.2, 0.25) is 0 Å². The number of rotatable bonds is 2. The molecule has 1 aromatic rings. The van der Waals surface area contributed by atoms with Crippen LogP contribution in [0.1, 0.15) is 13.3 Å². The predicted octanol–water partition coefficient (Wildman–Crippen LogP) is 1.44. The Labute approximate surface area is 86.2 Å². The molecule has 0 aromatic carbocycles. The lowest BCUT2D eigenvalue weighted by molar-refractivity contribution is -0.141. The normalized spacial score (nSPS) is 26.8. The molecule has 1 N–H and O–H groups in total. The van der Waals surface area contributed by atoms with Gasteiger partial charge in [-0.05, 0) is 13.3 Å². The molecule has 1 aliphatic heterocycles. The van der Waals surface area contributed by atoms with Crippen LogP contribution in [-0.2, 0) is 4.79 Å². The van der Waals surface area contributed by atoms with Gasteiger partial charge in [0.15, 0.2) is 5.13 Å². The van der Waals surface area contributed by atoms with Gasteiger partial charge in [-0.3, -0.25) is 4.79 Å². The number of hydrogen-bond donors (Lipinski definition) is 1. The summed E-state index contributed by atoms with van der Waals surface area (Å²) in [5.41, 5.74) is 0. The largest absolute Gasteiger partial charge is 0.481 e. The zero-order valence-corrected chi connectivity index (χ0v) is 8.70. The molecule has 0 aliphatic carbocycles. The van der Waals surface area contributed by atoms with Gasteiger partial charge in [0, 0.05) is 24.2 Å². The minimum Gasteiger partial charge on any atom is -0.481 e. The average molecular weight is 212 g/mol. The van der Waals surface area contributed by atoms with Crippen molar-refractivity contribution in [2.75, 3.05) is 11.4 Å². The average Bonchev–Trinajstić information content (AvgIpc) is 2.71. The number of aromatic nitrogens is 1. The van der Waals surface area contributed by atoms with Crippen molar-refractivity contribution in [2.24, 2.45) is 5.92 Å². The van der Waals surface area contributed by atoms with Crippen molar-refractivity contribution in [3.8, 4) is 0 Å². The van der Waals surface area contributed by atoms with Crippen molar-refractivity contribution in [1.29, 1.82) is 0 Å². The Bertz CT molecular complexity index is 326. The van der Waals surface area contributed by atoms with Crippen LogP contribution in [0.4, 0.5) is 5.13 Å². The zero-order chi connectivity index (χ0) is 10.1. The maximum atomic E-state index is 10.9. The Balaban J connectivity index is 2.15. The molecule has 1 saturated heterocycles. The molecule has 14 heavy (non-hydrogen) atoms. The third-order valence-electron chi connectivity index (χ3n) is 2.74. The lowest BCUT2D eigenvalue weighted by Gasteiger charge is -2.22. The van der Waals surface area contributed by atoms with E-state index < -0.39 is 5.97 Å². The Kier molecular flexibility index (Phi) is 2.41. The Hall–Kier alpha value is -1.10. The van der Waals surface area contributed by atoms with Gasteiger partial charge in [0.1, 0.15) is 0 Å². The number of carboxylic acid groups (broad SMARTS) is 1.